The number of hydrazone groups is 1. The maximum absolute atomic E-state index is 11.9. The Morgan fingerprint density at radius 1 is 1.18 bits per heavy atom. The highest BCUT2D eigenvalue weighted by molar-refractivity contribution is 6.35. The van der Waals surface area contributed by atoms with Gasteiger partial charge in [-0.1, -0.05) is 35.3 Å². The van der Waals surface area contributed by atoms with E-state index < -0.39 is 11.8 Å². The maximum Gasteiger partial charge on any atom is 0.329 e. The van der Waals surface area contributed by atoms with E-state index in [1.807, 2.05) is 19.1 Å². The number of ether oxygens (including phenoxy) is 3. The van der Waals surface area contributed by atoms with Gasteiger partial charge in [-0.25, -0.2) is 5.43 Å². The van der Waals surface area contributed by atoms with Crippen LogP contribution in [0.1, 0.15) is 30.9 Å². The van der Waals surface area contributed by atoms with E-state index in [1.54, 1.807) is 24.3 Å². The van der Waals surface area contributed by atoms with E-state index in [0.29, 0.717) is 46.9 Å². The number of halogens is 2. The summed E-state index contributed by atoms with van der Waals surface area (Å²) in [5.74, 6) is -0.825. The second-order valence-corrected chi connectivity index (χ2v) is 8.07. The van der Waals surface area contributed by atoms with Gasteiger partial charge in [0.05, 0.1) is 23.9 Å². The molecule has 0 aliphatic carbocycles. The van der Waals surface area contributed by atoms with Crippen LogP contribution in [0.15, 0.2) is 41.5 Å². The number of carbonyl (C=O) groups is 2. The van der Waals surface area contributed by atoms with Crippen molar-refractivity contribution in [2.75, 3.05) is 19.8 Å². The Balaban J connectivity index is 1.59. The lowest BCUT2D eigenvalue weighted by atomic mass is 10.2. The van der Waals surface area contributed by atoms with Gasteiger partial charge in [0.25, 0.3) is 0 Å². The van der Waals surface area contributed by atoms with E-state index in [4.69, 9.17) is 37.4 Å². The predicted octanol–water partition coefficient (Wildman–Crippen LogP) is 3.72. The van der Waals surface area contributed by atoms with Crippen LogP contribution in [0, 0.1) is 0 Å². The first kappa shape index (κ1) is 24.8. The zero-order valence-electron chi connectivity index (χ0n) is 18.1. The highest BCUT2D eigenvalue weighted by Crippen LogP contribution is 2.37. The van der Waals surface area contributed by atoms with Gasteiger partial charge in [0.2, 0.25) is 0 Å². The molecule has 3 rings (SSSR count). The minimum atomic E-state index is -0.872. The van der Waals surface area contributed by atoms with Gasteiger partial charge in [-0.2, -0.15) is 5.10 Å². The summed E-state index contributed by atoms with van der Waals surface area (Å²) in [7, 11) is 0. The van der Waals surface area contributed by atoms with Crippen molar-refractivity contribution in [1.29, 1.82) is 0 Å². The average molecular weight is 494 g/mol. The number of hydrogen-bond donors (Lipinski definition) is 2. The molecular weight excluding hydrogens is 469 g/mol. The van der Waals surface area contributed by atoms with Crippen molar-refractivity contribution < 1.29 is 23.8 Å². The van der Waals surface area contributed by atoms with Crippen LogP contribution in [0.3, 0.4) is 0 Å². The van der Waals surface area contributed by atoms with Crippen molar-refractivity contribution in [3.63, 3.8) is 0 Å². The van der Waals surface area contributed by atoms with Gasteiger partial charge in [0.1, 0.15) is 6.61 Å². The first-order valence-corrected chi connectivity index (χ1v) is 11.3. The number of hydrogen-bond acceptors (Lipinski definition) is 6. The van der Waals surface area contributed by atoms with Gasteiger partial charge < -0.3 is 19.5 Å². The average Bonchev–Trinajstić information content (AvgIpc) is 3.32. The van der Waals surface area contributed by atoms with Crippen LogP contribution in [0.4, 0.5) is 0 Å². The molecule has 2 aromatic carbocycles. The largest absolute Gasteiger partial charge is 0.490 e. The molecule has 0 radical (unpaired) electrons. The lowest BCUT2D eigenvalue weighted by Gasteiger charge is -2.14. The SMILES string of the molecule is CCOc1cc(/C=N\NC(=O)C(=O)NC[C@@H]2CCCO2)cc(Cl)c1OCc1ccc(Cl)cc1. The molecule has 8 nitrogen and oxygen atoms in total. The Kier molecular flexibility index (Phi) is 9.35. The zero-order chi connectivity index (χ0) is 23.6. The molecule has 0 saturated carbocycles. The van der Waals surface area contributed by atoms with E-state index in [1.165, 1.54) is 6.21 Å². The van der Waals surface area contributed by atoms with E-state index >= 15 is 0 Å². The summed E-state index contributed by atoms with van der Waals surface area (Å²) in [6, 6.07) is 10.6. The van der Waals surface area contributed by atoms with E-state index in [9.17, 15) is 9.59 Å². The molecule has 1 heterocycles. The van der Waals surface area contributed by atoms with Crippen molar-refractivity contribution in [3.05, 3.63) is 57.6 Å². The van der Waals surface area contributed by atoms with E-state index in [-0.39, 0.29) is 12.7 Å². The zero-order valence-corrected chi connectivity index (χ0v) is 19.6. The fourth-order valence-electron chi connectivity index (χ4n) is 3.11. The molecule has 1 atom stereocenters. The Morgan fingerprint density at radius 3 is 2.67 bits per heavy atom. The molecule has 1 saturated heterocycles. The van der Waals surface area contributed by atoms with Crippen LogP contribution in [0.2, 0.25) is 10.0 Å². The Labute approximate surface area is 202 Å². The molecule has 1 fully saturated rings. The fourth-order valence-corrected chi connectivity index (χ4v) is 3.51. The second-order valence-electron chi connectivity index (χ2n) is 7.22. The second kappa shape index (κ2) is 12.4. The van der Waals surface area contributed by atoms with Crippen LogP contribution in [-0.2, 0) is 20.9 Å². The van der Waals surface area contributed by atoms with E-state index in [2.05, 4.69) is 15.8 Å². The van der Waals surface area contributed by atoms with Crippen molar-refractivity contribution in [3.8, 4) is 11.5 Å². The predicted molar refractivity (Wildman–Crippen MR) is 126 cm³/mol. The maximum atomic E-state index is 11.9. The van der Waals surface area contributed by atoms with Gasteiger partial charge in [0, 0.05) is 18.2 Å². The molecule has 0 unspecified atom stereocenters. The van der Waals surface area contributed by atoms with Gasteiger partial charge in [0.15, 0.2) is 11.5 Å². The first-order chi connectivity index (χ1) is 16.0. The summed E-state index contributed by atoms with van der Waals surface area (Å²) in [6.45, 7) is 3.49. The fraction of sp³-hybridized carbons (Fsp3) is 0.348. The van der Waals surface area contributed by atoms with Crippen LogP contribution < -0.4 is 20.2 Å². The molecule has 176 valence electrons. The van der Waals surface area contributed by atoms with Crippen molar-refractivity contribution in [2.45, 2.75) is 32.5 Å². The molecule has 2 aromatic rings. The highest BCUT2D eigenvalue weighted by Gasteiger charge is 2.19. The quantitative estimate of drug-likeness (QED) is 0.315. The standard InChI is InChI=1S/C23H25Cl2N3O5/c1-2-31-20-11-16(10-19(25)21(20)33-14-15-5-7-17(24)8-6-15)12-27-28-23(30)22(29)26-13-18-4-3-9-32-18/h5-8,10-12,18H,2-4,9,13-14H2,1H3,(H,26,29)(H,28,30)/b27-12-/t18-/m0/s1. The molecule has 33 heavy (non-hydrogen) atoms. The van der Waals surface area contributed by atoms with Gasteiger partial charge >= 0.3 is 11.8 Å². The molecule has 0 bridgehead atoms. The van der Waals surface area contributed by atoms with Crippen molar-refractivity contribution >= 4 is 41.2 Å². The molecule has 1 aliphatic heterocycles. The molecule has 2 N–H and O–H groups in total. The molecular formula is C23H25Cl2N3O5. The number of rotatable bonds is 9. The van der Waals surface area contributed by atoms with Crippen LogP contribution >= 0.6 is 23.2 Å². The first-order valence-electron chi connectivity index (χ1n) is 10.5. The lowest BCUT2D eigenvalue weighted by Crippen LogP contribution is -2.41. The third kappa shape index (κ3) is 7.63. The number of nitrogens with zero attached hydrogens (tertiary/aromatic N) is 1. The summed E-state index contributed by atoms with van der Waals surface area (Å²) in [6.07, 6.45) is 3.13. The number of amides is 2. The molecule has 2 amide bonds. The molecule has 1 aliphatic rings. The number of benzene rings is 2. The summed E-state index contributed by atoms with van der Waals surface area (Å²) < 4.78 is 16.9. The van der Waals surface area contributed by atoms with Gasteiger partial charge in [-0.05, 0) is 55.2 Å². The lowest BCUT2D eigenvalue weighted by molar-refractivity contribution is -0.139. The Bertz CT molecular complexity index is 992. The van der Waals surface area contributed by atoms with Crippen molar-refractivity contribution in [2.24, 2.45) is 5.10 Å². The number of nitrogens with one attached hydrogen (secondary N) is 2. The molecule has 0 spiro atoms. The smallest absolute Gasteiger partial charge is 0.329 e. The van der Waals surface area contributed by atoms with Gasteiger partial charge in [-0.3, -0.25) is 9.59 Å². The third-order valence-corrected chi connectivity index (χ3v) is 5.26. The summed E-state index contributed by atoms with van der Waals surface area (Å²) in [5, 5.41) is 7.32. The summed E-state index contributed by atoms with van der Waals surface area (Å²) in [5.41, 5.74) is 3.67. The van der Waals surface area contributed by atoms with E-state index in [0.717, 1.165) is 18.4 Å². The summed E-state index contributed by atoms with van der Waals surface area (Å²) in [4.78, 5) is 23.8. The molecule has 0 aromatic heterocycles. The topological polar surface area (TPSA) is 98.2 Å². The van der Waals surface area contributed by atoms with Crippen LogP contribution in [-0.4, -0.2) is 43.9 Å². The molecule has 10 heteroatoms. The monoisotopic (exact) mass is 493 g/mol. The summed E-state index contributed by atoms with van der Waals surface area (Å²) >= 11 is 12.3. The van der Waals surface area contributed by atoms with Crippen molar-refractivity contribution in [1.82, 2.24) is 10.7 Å². The minimum Gasteiger partial charge on any atom is -0.490 e. The normalized spacial score (nSPS) is 15.4. The Morgan fingerprint density at radius 2 is 1.97 bits per heavy atom. The highest BCUT2D eigenvalue weighted by atomic mass is 35.5. The van der Waals surface area contributed by atoms with Crippen LogP contribution in [0.5, 0.6) is 11.5 Å². The Hall–Kier alpha value is -2.81. The van der Waals surface area contributed by atoms with Gasteiger partial charge in [-0.15, -0.1) is 0 Å². The van der Waals surface area contributed by atoms with Crippen LogP contribution in [0.25, 0.3) is 0 Å². The number of carbonyl (C=O) groups excluding carboxylic acids is 2. The minimum absolute atomic E-state index is 0.0511. The third-order valence-electron chi connectivity index (χ3n) is 4.73.